The van der Waals surface area contributed by atoms with Crippen molar-refractivity contribution in [3.05, 3.63) is 75.8 Å². The number of hydrogen-bond donors (Lipinski definition) is 0. The molecule has 0 saturated heterocycles. The molecule has 0 N–H and O–H groups in total. The van der Waals surface area contributed by atoms with E-state index in [0.29, 0.717) is 0 Å². The van der Waals surface area contributed by atoms with E-state index in [0.717, 1.165) is 44.0 Å². The van der Waals surface area contributed by atoms with Gasteiger partial charge in [-0.3, -0.25) is 15.0 Å². The SMILES string of the molecule is O=[N+]([O-])c1ccc(CN(CCCc2ccccc2)CC2CCCCC2)cc1. The molecule has 0 aliphatic heterocycles. The fraction of sp³-hybridized carbons (Fsp3) is 0.478. The molecule has 1 aliphatic rings. The van der Waals surface area contributed by atoms with Crippen LogP contribution in [0.5, 0.6) is 0 Å². The maximum Gasteiger partial charge on any atom is 0.269 e. The van der Waals surface area contributed by atoms with Crippen molar-refractivity contribution >= 4 is 5.69 Å². The van der Waals surface area contributed by atoms with E-state index in [1.807, 2.05) is 12.1 Å². The van der Waals surface area contributed by atoms with Gasteiger partial charge in [-0.15, -0.1) is 0 Å². The molecule has 1 fully saturated rings. The van der Waals surface area contributed by atoms with Crippen LogP contribution in [0.4, 0.5) is 5.69 Å². The summed E-state index contributed by atoms with van der Waals surface area (Å²) in [5.41, 5.74) is 2.73. The average Bonchev–Trinajstić information content (AvgIpc) is 2.70. The lowest BCUT2D eigenvalue weighted by atomic mass is 9.89. The second kappa shape index (κ2) is 10.2. The molecule has 1 aliphatic carbocycles. The Balaban J connectivity index is 1.58. The zero-order valence-electron chi connectivity index (χ0n) is 16.1. The number of nitro benzene ring substituents is 1. The van der Waals surface area contributed by atoms with Gasteiger partial charge in [0.1, 0.15) is 0 Å². The van der Waals surface area contributed by atoms with Crippen LogP contribution in [0.3, 0.4) is 0 Å². The molecule has 0 heterocycles. The molecular weight excluding hydrogens is 336 g/mol. The van der Waals surface area contributed by atoms with Crippen LogP contribution in [0, 0.1) is 16.0 Å². The molecular formula is C23H30N2O2. The van der Waals surface area contributed by atoms with Crippen molar-refractivity contribution in [3.8, 4) is 0 Å². The highest BCUT2D eigenvalue weighted by Crippen LogP contribution is 2.25. The van der Waals surface area contributed by atoms with Crippen molar-refractivity contribution in [3.63, 3.8) is 0 Å². The smallest absolute Gasteiger partial charge is 0.269 e. The van der Waals surface area contributed by atoms with Crippen LogP contribution in [-0.2, 0) is 13.0 Å². The fourth-order valence-electron chi connectivity index (χ4n) is 4.10. The van der Waals surface area contributed by atoms with Crippen molar-refractivity contribution in [1.29, 1.82) is 0 Å². The number of rotatable bonds is 9. The van der Waals surface area contributed by atoms with E-state index in [9.17, 15) is 10.1 Å². The lowest BCUT2D eigenvalue weighted by Crippen LogP contribution is -2.31. The molecule has 0 bridgehead atoms. The van der Waals surface area contributed by atoms with Gasteiger partial charge in [-0.1, -0.05) is 61.7 Å². The number of aryl methyl sites for hydroxylation is 1. The van der Waals surface area contributed by atoms with E-state index in [1.54, 1.807) is 12.1 Å². The average molecular weight is 367 g/mol. The number of non-ortho nitro benzene ring substituents is 1. The van der Waals surface area contributed by atoms with E-state index in [1.165, 1.54) is 37.7 Å². The molecule has 0 radical (unpaired) electrons. The molecule has 0 atom stereocenters. The van der Waals surface area contributed by atoms with Gasteiger partial charge in [0.2, 0.25) is 0 Å². The summed E-state index contributed by atoms with van der Waals surface area (Å²) in [4.78, 5) is 13.1. The Morgan fingerprint density at radius 2 is 1.63 bits per heavy atom. The van der Waals surface area contributed by atoms with Crippen LogP contribution < -0.4 is 0 Å². The summed E-state index contributed by atoms with van der Waals surface area (Å²) < 4.78 is 0. The first-order valence-electron chi connectivity index (χ1n) is 10.2. The van der Waals surface area contributed by atoms with E-state index >= 15 is 0 Å². The Morgan fingerprint density at radius 1 is 0.926 bits per heavy atom. The van der Waals surface area contributed by atoms with Crippen molar-refractivity contribution in [2.75, 3.05) is 13.1 Å². The topological polar surface area (TPSA) is 46.4 Å². The van der Waals surface area contributed by atoms with Crippen LogP contribution in [0.15, 0.2) is 54.6 Å². The normalized spacial score (nSPS) is 15.1. The summed E-state index contributed by atoms with van der Waals surface area (Å²) in [6.45, 7) is 3.09. The molecule has 0 spiro atoms. The highest BCUT2D eigenvalue weighted by molar-refractivity contribution is 5.32. The van der Waals surface area contributed by atoms with Gasteiger partial charge < -0.3 is 0 Å². The van der Waals surface area contributed by atoms with Crippen molar-refractivity contribution in [2.24, 2.45) is 5.92 Å². The molecule has 1 saturated carbocycles. The Morgan fingerprint density at radius 3 is 2.30 bits per heavy atom. The lowest BCUT2D eigenvalue weighted by molar-refractivity contribution is -0.384. The summed E-state index contributed by atoms with van der Waals surface area (Å²) in [7, 11) is 0. The summed E-state index contributed by atoms with van der Waals surface area (Å²) in [5, 5.41) is 10.9. The van der Waals surface area contributed by atoms with Gasteiger partial charge in [-0.05, 0) is 49.3 Å². The Labute approximate surface area is 162 Å². The third-order valence-corrected chi connectivity index (χ3v) is 5.58. The third kappa shape index (κ3) is 6.47. The standard InChI is InChI=1S/C23H30N2O2/c26-25(27)23-15-13-22(14-16-23)19-24(18-21-10-5-2-6-11-21)17-7-12-20-8-3-1-4-9-20/h1,3-4,8-9,13-16,21H,2,5-7,10-12,17-19H2. The molecule has 4 heteroatoms. The van der Waals surface area contributed by atoms with Crippen molar-refractivity contribution in [1.82, 2.24) is 4.90 Å². The van der Waals surface area contributed by atoms with Crippen LogP contribution in [0.1, 0.15) is 49.7 Å². The van der Waals surface area contributed by atoms with E-state index < -0.39 is 0 Å². The number of benzene rings is 2. The molecule has 27 heavy (non-hydrogen) atoms. The van der Waals surface area contributed by atoms with Gasteiger partial charge in [0.15, 0.2) is 0 Å². The van der Waals surface area contributed by atoms with Crippen LogP contribution >= 0.6 is 0 Å². The Bertz CT molecular complexity index is 694. The minimum atomic E-state index is -0.330. The summed E-state index contributed by atoms with van der Waals surface area (Å²) >= 11 is 0. The highest BCUT2D eigenvalue weighted by atomic mass is 16.6. The number of hydrogen-bond acceptors (Lipinski definition) is 3. The maximum absolute atomic E-state index is 10.9. The molecule has 2 aromatic rings. The summed E-state index contributed by atoms with van der Waals surface area (Å²) in [6.07, 6.45) is 9.03. The first-order chi connectivity index (χ1) is 13.2. The first kappa shape index (κ1) is 19.6. The molecule has 0 unspecified atom stereocenters. The summed E-state index contributed by atoms with van der Waals surface area (Å²) in [6, 6.07) is 17.7. The van der Waals surface area contributed by atoms with Gasteiger partial charge in [0.05, 0.1) is 4.92 Å². The monoisotopic (exact) mass is 366 g/mol. The quantitative estimate of drug-likeness (QED) is 0.428. The Kier molecular flexibility index (Phi) is 7.40. The minimum absolute atomic E-state index is 0.168. The molecule has 144 valence electrons. The molecule has 4 nitrogen and oxygen atoms in total. The predicted molar refractivity (Wildman–Crippen MR) is 110 cm³/mol. The molecule has 2 aromatic carbocycles. The van der Waals surface area contributed by atoms with E-state index in [-0.39, 0.29) is 10.6 Å². The van der Waals surface area contributed by atoms with Crippen LogP contribution in [0.25, 0.3) is 0 Å². The number of nitro groups is 1. The minimum Gasteiger partial charge on any atom is -0.299 e. The van der Waals surface area contributed by atoms with E-state index in [2.05, 4.69) is 35.2 Å². The molecule has 3 rings (SSSR count). The summed E-state index contributed by atoms with van der Waals surface area (Å²) in [5.74, 6) is 0.800. The molecule has 0 aromatic heterocycles. The van der Waals surface area contributed by atoms with Crippen molar-refractivity contribution < 1.29 is 4.92 Å². The van der Waals surface area contributed by atoms with Crippen LogP contribution in [-0.4, -0.2) is 22.9 Å². The fourth-order valence-corrected chi connectivity index (χ4v) is 4.10. The third-order valence-electron chi connectivity index (χ3n) is 5.58. The number of nitrogens with zero attached hydrogens (tertiary/aromatic N) is 2. The van der Waals surface area contributed by atoms with Crippen LogP contribution in [0.2, 0.25) is 0 Å². The first-order valence-corrected chi connectivity index (χ1v) is 10.2. The zero-order valence-corrected chi connectivity index (χ0v) is 16.1. The van der Waals surface area contributed by atoms with Gasteiger partial charge in [-0.25, -0.2) is 0 Å². The van der Waals surface area contributed by atoms with Gasteiger partial charge in [0.25, 0.3) is 5.69 Å². The van der Waals surface area contributed by atoms with Gasteiger partial charge >= 0.3 is 0 Å². The lowest BCUT2D eigenvalue weighted by Gasteiger charge is -2.30. The second-order valence-electron chi connectivity index (χ2n) is 7.75. The largest absolute Gasteiger partial charge is 0.299 e. The zero-order chi connectivity index (χ0) is 18.9. The second-order valence-corrected chi connectivity index (χ2v) is 7.75. The van der Waals surface area contributed by atoms with Gasteiger partial charge in [-0.2, -0.15) is 0 Å². The van der Waals surface area contributed by atoms with Crippen molar-refractivity contribution in [2.45, 2.75) is 51.5 Å². The maximum atomic E-state index is 10.9. The van der Waals surface area contributed by atoms with Gasteiger partial charge in [0, 0.05) is 25.2 Å². The predicted octanol–water partition coefficient (Wildman–Crippen LogP) is 5.61. The highest BCUT2D eigenvalue weighted by Gasteiger charge is 2.17. The Hall–Kier alpha value is -2.20. The van der Waals surface area contributed by atoms with E-state index in [4.69, 9.17) is 0 Å². The molecule has 0 amide bonds.